The lowest BCUT2D eigenvalue weighted by Gasteiger charge is -2.42. The highest BCUT2D eigenvalue weighted by atomic mass is 16.3. The van der Waals surface area contributed by atoms with Gasteiger partial charge in [0.1, 0.15) is 0 Å². The number of likely N-dealkylation sites (tertiary alicyclic amines) is 1. The van der Waals surface area contributed by atoms with E-state index in [1.165, 1.54) is 45.2 Å². The molecule has 0 aromatic rings. The molecule has 1 atom stereocenters. The van der Waals surface area contributed by atoms with Crippen LogP contribution < -0.4 is 5.32 Å². The van der Waals surface area contributed by atoms with E-state index in [0.717, 1.165) is 32.4 Å². The lowest BCUT2D eigenvalue weighted by molar-refractivity contribution is 0.0408. The van der Waals surface area contributed by atoms with Gasteiger partial charge in [-0.3, -0.25) is 0 Å². The topological polar surface area (TPSA) is 35.5 Å². The average molecular weight is 296 g/mol. The second-order valence-electron chi connectivity index (χ2n) is 8.22. The fourth-order valence-electron chi connectivity index (χ4n) is 4.06. The van der Waals surface area contributed by atoms with Crippen LogP contribution in [0.4, 0.5) is 0 Å². The lowest BCUT2D eigenvalue weighted by Crippen LogP contribution is -2.47. The highest BCUT2D eigenvalue weighted by Gasteiger charge is 2.35. The van der Waals surface area contributed by atoms with Crippen molar-refractivity contribution in [2.45, 2.75) is 83.8 Å². The highest BCUT2D eigenvalue weighted by Crippen LogP contribution is 2.37. The molecule has 21 heavy (non-hydrogen) atoms. The van der Waals surface area contributed by atoms with E-state index in [9.17, 15) is 5.11 Å². The van der Waals surface area contributed by atoms with Crippen LogP contribution in [0.25, 0.3) is 0 Å². The maximum Gasteiger partial charge on any atom is 0.0632 e. The molecule has 0 amide bonds. The Balaban J connectivity index is 1.94. The Labute approximate surface area is 131 Å². The Bertz CT molecular complexity index is 308. The van der Waals surface area contributed by atoms with Gasteiger partial charge in [0.2, 0.25) is 0 Å². The first kappa shape index (κ1) is 17.2. The third kappa shape index (κ3) is 5.54. The van der Waals surface area contributed by atoms with Crippen LogP contribution in [0.5, 0.6) is 0 Å². The van der Waals surface area contributed by atoms with E-state index in [4.69, 9.17) is 0 Å². The van der Waals surface area contributed by atoms with Crippen molar-refractivity contribution in [1.29, 1.82) is 0 Å². The molecule has 3 heteroatoms. The van der Waals surface area contributed by atoms with Gasteiger partial charge >= 0.3 is 0 Å². The minimum Gasteiger partial charge on any atom is -0.390 e. The molecular weight excluding hydrogens is 260 g/mol. The third-order valence-electron chi connectivity index (χ3n) is 5.51. The van der Waals surface area contributed by atoms with E-state index in [2.05, 4.69) is 24.1 Å². The van der Waals surface area contributed by atoms with E-state index in [1.54, 1.807) is 0 Å². The molecule has 0 aromatic carbocycles. The molecule has 3 nitrogen and oxygen atoms in total. The van der Waals surface area contributed by atoms with Crippen molar-refractivity contribution in [3.8, 4) is 0 Å². The maximum atomic E-state index is 10.3. The van der Waals surface area contributed by atoms with Gasteiger partial charge in [0.15, 0.2) is 0 Å². The van der Waals surface area contributed by atoms with Crippen LogP contribution in [0.1, 0.15) is 72.1 Å². The molecule has 1 aliphatic carbocycles. The van der Waals surface area contributed by atoms with Crippen molar-refractivity contribution in [1.82, 2.24) is 10.2 Å². The predicted octanol–water partition coefficient (Wildman–Crippen LogP) is 3.17. The highest BCUT2D eigenvalue weighted by molar-refractivity contribution is 4.90. The first-order chi connectivity index (χ1) is 9.91. The molecule has 0 radical (unpaired) electrons. The molecule has 1 aliphatic heterocycles. The standard InChI is InChI=1S/C18H36N2O/c1-16(2)19-14-18(9-5-4-6-10-18)15-20-12-7-8-17(3,21)11-13-20/h16,19,21H,4-15H2,1-3H3. The van der Waals surface area contributed by atoms with E-state index >= 15 is 0 Å². The van der Waals surface area contributed by atoms with Crippen molar-refractivity contribution in [3.63, 3.8) is 0 Å². The van der Waals surface area contributed by atoms with Crippen molar-refractivity contribution in [2.24, 2.45) is 5.41 Å². The normalized spacial score (nSPS) is 31.3. The Kier molecular flexibility index (Phi) is 6.10. The van der Waals surface area contributed by atoms with E-state index in [-0.39, 0.29) is 0 Å². The monoisotopic (exact) mass is 296 g/mol. The van der Waals surface area contributed by atoms with Crippen LogP contribution in [-0.2, 0) is 0 Å². The number of nitrogens with zero attached hydrogens (tertiary/aromatic N) is 1. The lowest BCUT2D eigenvalue weighted by atomic mass is 9.73. The Morgan fingerprint density at radius 2 is 1.71 bits per heavy atom. The maximum absolute atomic E-state index is 10.3. The Morgan fingerprint density at radius 1 is 1.00 bits per heavy atom. The summed E-state index contributed by atoms with van der Waals surface area (Å²) in [4.78, 5) is 2.63. The van der Waals surface area contributed by atoms with Crippen LogP contribution in [0.15, 0.2) is 0 Å². The van der Waals surface area contributed by atoms with Crippen LogP contribution in [-0.4, -0.2) is 47.8 Å². The van der Waals surface area contributed by atoms with Gasteiger partial charge in [-0.15, -0.1) is 0 Å². The summed E-state index contributed by atoms with van der Waals surface area (Å²) in [6.07, 6.45) is 9.98. The number of aliphatic hydroxyl groups is 1. The molecule has 2 rings (SSSR count). The van der Waals surface area contributed by atoms with Gasteiger partial charge in [-0.05, 0) is 51.0 Å². The van der Waals surface area contributed by atoms with Gasteiger partial charge in [-0.25, -0.2) is 0 Å². The number of hydrogen-bond acceptors (Lipinski definition) is 3. The zero-order valence-electron chi connectivity index (χ0n) is 14.5. The Morgan fingerprint density at radius 3 is 2.38 bits per heavy atom. The van der Waals surface area contributed by atoms with Crippen LogP contribution in [0.2, 0.25) is 0 Å². The first-order valence-corrected chi connectivity index (χ1v) is 9.09. The molecule has 2 N–H and O–H groups in total. The summed E-state index contributed by atoms with van der Waals surface area (Å²) in [6.45, 7) is 11.1. The molecule has 0 aromatic heterocycles. The fourth-order valence-corrected chi connectivity index (χ4v) is 4.06. The number of hydrogen-bond donors (Lipinski definition) is 2. The first-order valence-electron chi connectivity index (χ1n) is 9.09. The van der Waals surface area contributed by atoms with Gasteiger partial charge in [0.25, 0.3) is 0 Å². The van der Waals surface area contributed by atoms with Crippen LogP contribution in [0.3, 0.4) is 0 Å². The fraction of sp³-hybridized carbons (Fsp3) is 1.00. The smallest absolute Gasteiger partial charge is 0.0632 e. The van der Waals surface area contributed by atoms with E-state index in [0.29, 0.717) is 11.5 Å². The van der Waals surface area contributed by atoms with Gasteiger partial charge in [-0.2, -0.15) is 0 Å². The zero-order valence-corrected chi connectivity index (χ0v) is 14.5. The van der Waals surface area contributed by atoms with Crippen LogP contribution in [0, 0.1) is 5.41 Å². The molecule has 2 aliphatic rings. The van der Waals surface area contributed by atoms with Crippen molar-refractivity contribution < 1.29 is 5.11 Å². The summed E-state index contributed by atoms with van der Waals surface area (Å²) in [5.74, 6) is 0. The second-order valence-corrected chi connectivity index (χ2v) is 8.22. The summed E-state index contributed by atoms with van der Waals surface area (Å²) < 4.78 is 0. The molecular formula is C18H36N2O. The van der Waals surface area contributed by atoms with Gasteiger partial charge < -0.3 is 15.3 Å². The van der Waals surface area contributed by atoms with Crippen LogP contribution >= 0.6 is 0 Å². The van der Waals surface area contributed by atoms with Crippen molar-refractivity contribution in [3.05, 3.63) is 0 Å². The minimum atomic E-state index is -0.440. The summed E-state index contributed by atoms with van der Waals surface area (Å²) in [5, 5.41) is 14.0. The molecule has 1 saturated heterocycles. The van der Waals surface area contributed by atoms with Gasteiger partial charge in [0, 0.05) is 25.7 Å². The third-order valence-corrected chi connectivity index (χ3v) is 5.51. The van der Waals surface area contributed by atoms with E-state index < -0.39 is 5.60 Å². The van der Waals surface area contributed by atoms with Crippen molar-refractivity contribution >= 4 is 0 Å². The van der Waals surface area contributed by atoms with Gasteiger partial charge in [0.05, 0.1) is 5.60 Å². The number of nitrogens with one attached hydrogen (secondary N) is 1. The molecule has 1 saturated carbocycles. The zero-order chi connectivity index (χ0) is 15.3. The molecule has 124 valence electrons. The number of rotatable bonds is 5. The largest absolute Gasteiger partial charge is 0.390 e. The Hall–Kier alpha value is -0.120. The molecule has 2 fully saturated rings. The molecule has 0 spiro atoms. The molecule has 0 bridgehead atoms. The van der Waals surface area contributed by atoms with Crippen molar-refractivity contribution in [2.75, 3.05) is 26.2 Å². The minimum absolute atomic E-state index is 0.440. The summed E-state index contributed by atoms with van der Waals surface area (Å²) >= 11 is 0. The summed E-state index contributed by atoms with van der Waals surface area (Å²) in [6, 6.07) is 0.577. The van der Waals surface area contributed by atoms with E-state index in [1.807, 2.05) is 6.92 Å². The quantitative estimate of drug-likeness (QED) is 0.818. The average Bonchev–Trinajstić information content (AvgIpc) is 2.59. The summed E-state index contributed by atoms with van der Waals surface area (Å²) in [5.41, 5.74) is 0.0311. The summed E-state index contributed by atoms with van der Waals surface area (Å²) in [7, 11) is 0. The molecule has 1 heterocycles. The SMILES string of the molecule is CC(C)NCC1(CN2CCCC(C)(O)CC2)CCCCC1. The second kappa shape index (κ2) is 7.43. The predicted molar refractivity (Wildman–Crippen MR) is 89.6 cm³/mol. The van der Waals surface area contributed by atoms with Gasteiger partial charge in [-0.1, -0.05) is 33.1 Å². The molecule has 1 unspecified atom stereocenters.